The first-order valence-electron chi connectivity index (χ1n) is 21.3. The van der Waals surface area contributed by atoms with Crippen LogP contribution in [0.1, 0.15) is 22.3 Å². The largest absolute Gasteiger partial charge is 0.454 e. The average molecular weight is 791 g/mol. The molecule has 3 heteroatoms. The van der Waals surface area contributed by atoms with E-state index in [2.05, 4.69) is 234 Å². The summed E-state index contributed by atoms with van der Waals surface area (Å²) in [4.78, 5) is 4.82. The van der Waals surface area contributed by atoms with E-state index in [0.717, 1.165) is 56.1 Å². The maximum Gasteiger partial charge on any atom is 0.159 e. The van der Waals surface area contributed by atoms with Crippen molar-refractivity contribution in [2.45, 2.75) is 5.41 Å². The zero-order chi connectivity index (χ0) is 40.8. The number of anilines is 6. The van der Waals surface area contributed by atoms with Gasteiger partial charge < -0.3 is 14.2 Å². The predicted octanol–water partition coefficient (Wildman–Crippen LogP) is 16.0. The molecule has 0 amide bonds. The quantitative estimate of drug-likeness (QED) is 0.167. The number of hydrogen-bond donors (Lipinski definition) is 0. The van der Waals surface area contributed by atoms with Gasteiger partial charge in [-0.05, 0) is 116 Å². The Morgan fingerprint density at radius 1 is 0.323 bits per heavy atom. The van der Waals surface area contributed by atoms with Crippen molar-refractivity contribution in [1.82, 2.24) is 0 Å². The van der Waals surface area contributed by atoms with E-state index in [1.165, 1.54) is 55.3 Å². The molecule has 1 atom stereocenters. The van der Waals surface area contributed by atoms with Crippen molar-refractivity contribution in [3.63, 3.8) is 0 Å². The molecule has 62 heavy (non-hydrogen) atoms. The average Bonchev–Trinajstić information content (AvgIpc) is 3.97. The minimum absolute atomic E-state index is 0.580. The molecule has 0 saturated carbocycles. The summed E-state index contributed by atoms with van der Waals surface area (Å²) in [6.07, 6.45) is 0. The van der Waals surface area contributed by atoms with Crippen molar-refractivity contribution in [1.29, 1.82) is 0 Å². The van der Waals surface area contributed by atoms with Crippen molar-refractivity contribution in [3.05, 3.63) is 253 Å². The number of para-hydroxylation sites is 4. The maximum absolute atomic E-state index is 6.77. The van der Waals surface area contributed by atoms with Crippen molar-refractivity contribution in [2.24, 2.45) is 0 Å². The van der Waals surface area contributed by atoms with Gasteiger partial charge in [-0.15, -0.1) is 0 Å². The lowest BCUT2D eigenvalue weighted by molar-refractivity contribution is 0.669. The fourth-order valence-corrected chi connectivity index (χ4v) is 10.7. The van der Waals surface area contributed by atoms with E-state index in [1.807, 2.05) is 6.07 Å². The van der Waals surface area contributed by atoms with Gasteiger partial charge in [-0.2, -0.15) is 0 Å². The van der Waals surface area contributed by atoms with Crippen molar-refractivity contribution >= 4 is 66.8 Å². The van der Waals surface area contributed by atoms with E-state index in [4.69, 9.17) is 4.42 Å². The van der Waals surface area contributed by atoms with E-state index in [-0.39, 0.29) is 0 Å². The zero-order valence-electron chi connectivity index (χ0n) is 33.7. The lowest BCUT2D eigenvalue weighted by Crippen LogP contribution is -2.26. The summed E-state index contributed by atoms with van der Waals surface area (Å²) in [7, 11) is 0. The van der Waals surface area contributed by atoms with Gasteiger partial charge in [-0.3, -0.25) is 0 Å². The number of fused-ring (bicyclic) bond motifs is 14. The Morgan fingerprint density at radius 3 is 1.71 bits per heavy atom. The van der Waals surface area contributed by atoms with Gasteiger partial charge in [0.25, 0.3) is 0 Å². The topological polar surface area (TPSA) is 19.6 Å². The molecule has 3 nitrogen and oxygen atoms in total. The molecule has 1 heterocycles. The van der Waals surface area contributed by atoms with E-state index in [0.29, 0.717) is 0 Å². The Kier molecular flexibility index (Phi) is 7.52. The SMILES string of the molecule is c1ccc(N(c2ccc3c(c2)C2(c4ccccc4-3)c3ccccc3-c3c(N(c4ccccc4)c4cccc5c4oc4ccccc45)cccc32)c2ccc3ccccc3c2)cc1. The number of benzene rings is 10. The van der Waals surface area contributed by atoms with E-state index in [9.17, 15) is 0 Å². The van der Waals surface area contributed by atoms with Gasteiger partial charge in [-0.25, -0.2) is 0 Å². The molecule has 0 fully saturated rings. The molecule has 1 aromatic heterocycles. The molecule has 11 aromatic rings. The number of furan rings is 1. The first-order valence-corrected chi connectivity index (χ1v) is 21.3. The van der Waals surface area contributed by atoms with Gasteiger partial charge in [-0.1, -0.05) is 164 Å². The lowest BCUT2D eigenvalue weighted by Gasteiger charge is -2.33. The first-order chi connectivity index (χ1) is 30.8. The minimum Gasteiger partial charge on any atom is -0.454 e. The fraction of sp³-hybridized carbons (Fsp3) is 0.0169. The number of nitrogens with zero attached hydrogens (tertiary/aromatic N) is 2. The Morgan fingerprint density at radius 2 is 0.887 bits per heavy atom. The van der Waals surface area contributed by atoms with Gasteiger partial charge in [0.2, 0.25) is 0 Å². The predicted molar refractivity (Wildman–Crippen MR) is 257 cm³/mol. The van der Waals surface area contributed by atoms with E-state index in [1.54, 1.807) is 0 Å². The van der Waals surface area contributed by atoms with Gasteiger partial charge in [0.15, 0.2) is 5.58 Å². The number of hydrogen-bond acceptors (Lipinski definition) is 3. The van der Waals surface area contributed by atoms with Gasteiger partial charge in [0, 0.05) is 39.1 Å². The molecule has 0 N–H and O–H groups in total. The molecule has 0 saturated heterocycles. The molecule has 2 aliphatic rings. The van der Waals surface area contributed by atoms with Crippen LogP contribution in [-0.4, -0.2) is 0 Å². The molecule has 0 radical (unpaired) electrons. The highest BCUT2D eigenvalue weighted by Gasteiger charge is 2.52. The minimum atomic E-state index is -0.580. The highest BCUT2D eigenvalue weighted by atomic mass is 16.3. The third-order valence-electron chi connectivity index (χ3n) is 13.2. The normalized spacial score (nSPS) is 14.5. The monoisotopic (exact) mass is 790 g/mol. The summed E-state index contributed by atoms with van der Waals surface area (Å²) in [5, 5.41) is 4.65. The lowest BCUT2D eigenvalue weighted by atomic mass is 9.70. The molecule has 2 aliphatic carbocycles. The first kappa shape index (κ1) is 34.7. The Balaban J connectivity index is 1.09. The van der Waals surface area contributed by atoms with Crippen LogP contribution in [-0.2, 0) is 5.41 Å². The van der Waals surface area contributed by atoms with Crippen LogP contribution in [0, 0.1) is 0 Å². The zero-order valence-corrected chi connectivity index (χ0v) is 33.7. The summed E-state index contributed by atoms with van der Waals surface area (Å²) in [6, 6.07) is 84.0. The maximum atomic E-state index is 6.77. The van der Waals surface area contributed by atoms with E-state index >= 15 is 0 Å². The summed E-state index contributed by atoms with van der Waals surface area (Å²) in [6.45, 7) is 0. The summed E-state index contributed by atoms with van der Waals surface area (Å²) >= 11 is 0. The molecule has 1 spiro atoms. The van der Waals surface area contributed by atoms with Crippen LogP contribution in [0.15, 0.2) is 235 Å². The fourth-order valence-electron chi connectivity index (χ4n) is 10.7. The van der Waals surface area contributed by atoms with Crippen molar-refractivity contribution in [2.75, 3.05) is 9.80 Å². The van der Waals surface area contributed by atoms with Crippen LogP contribution < -0.4 is 9.80 Å². The summed E-state index contributed by atoms with van der Waals surface area (Å²) in [5.41, 5.74) is 17.8. The van der Waals surface area contributed by atoms with Gasteiger partial charge >= 0.3 is 0 Å². The second kappa shape index (κ2) is 13.4. The second-order valence-corrected chi connectivity index (χ2v) is 16.4. The van der Waals surface area contributed by atoms with Gasteiger partial charge in [0.05, 0.1) is 16.8 Å². The molecule has 0 aliphatic heterocycles. The number of rotatable bonds is 6. The van der Waals surface area contributed by atoms with Crippen molar-refractivity contribution in [3.8, 4) is 22.3 Å². The molecule has 1 unspecified atom stereocenters. The highest BCUT2D eigenvalue weighted by Crippen LogP contribution is 2.65. The van der Waals surface area contributed by atoms with Crippen LogP contribution >= 0.6 is 0 Å². The summed E-state index contributed by atoms with van der Waals surface area (Å²) < 4.78 is 6.77. The van der Waals surface area contributed by atoms with Crippen LogP contribution in [0.25, 0.3) is 55.0 Å². The van der Waals surface area contributed by atoms with E-state index < -0.39 is 5.41 Å². The molecule has 10 aromatic carbocycles. The highest BCUT2D eigenvalue weighted by molar-refractivity contribution is 6.11. The third-order valence-corrected chi connectivity index (χ3v) is 13.2. The smallest absolute Gasteiger partial charge is 0.159 e. The van der Waals surface area contributed by atoms with Crippen LogP contribution in [0.2, 0.25) is 0 Å². The standard InChI is InChI=1S/C59H38N2O/c1-3-19-41(20-4-1)60(43-34-33-39-17-7-8-18-40(39)37-43)44-35-36-46-45-23-9-12-27-50(45)59(53(46)38-44)51-28-13-10-25-49(51)57-52(59)29-16-30-54(57)61(42-21-5-2-6-22-42)55-31-15-26-48-47-24-11-14-32-56(47)62-58(48)55/h1-38H. The molecular weight excluding hydrogens is 753 g/mol. The Labute approximate surface area is 360 Å². The molecule has 0 bridgehead atoms. The Hall–Kier alpha value is -8.14. The molecular formula is C59H38N2O. The van der Waals surface area contributed by atoms with Crippen LogP contribution in [0.3, 0.4) is 0 Å². The third kappa shape index (κ3) is 4.88. The second-order valence-electron chi connectivity index (χ2n) is 16.4. The van der Waals surface area contributed by atoms with Crippen LogP contribution in [0.5, 0.6) is 0 Å². The van der Waals surface area contributed by atoms with Crippen LogP contribution in [0.4, 0.5) is 34.1 Å². The summed E-state index contributed by atoms with van der Waals surface area (Å²) in [5.74, 6) is 0. The molecule has 13 rings (SSSR count). The Bertz CT molecular complexity index is 3550. The molecule has 290 valence electrons. The van der Waals surface area contributed by atoms with Crippen molar-refractivity contribution < 1.29 is 4.42 Å². The van der Waals surface area contributed by atoms with Gasteiger partial charge in [0.1, 0.15) is 5.58 Å².